The summed E-state index contributed by atoms with van der Waals surface area (Å²) in [5, 5.41) is 0. The zero-order chi connectivity index (χ0) is 12.4. The van der Waals surface area contributed by atoms with Crippen molar-refractivity contribution in [2.45, 2.75) is 6.92 Å². The number of aryl methyl sites for hydroxylation is 1. The van der Waals surface area contributed by atoms with E-state index in [1.54, 1.807) is 6.20 Å². The fourth-order valence-corrected chi connectivity index (χ4v) is 1.64. The third kappa shape index (κ3) is 2.36. The maximum absolute atomic E-state index is 5.96. The Bertz CT molecular complexity index is 535. The standard InChI is InChI=1S/C13H16N4/c1-9-5-4-6-10(7-9)11-8-15-13(17(2)3)16-12(11)14/h4-8H,1-3H3,(H2,14,15,16). The molecule has 2 aromatic rings. The SMILES string of the molecule is Cc1cccc(-c2cnc(N(C)C)nc2N)c1. The van der Waals surface area contributed by atoms with E-state index < -0.39 is 0 Å². The number of nitrogens with zero attached hydrogens (tertiary/aromatic N) is 3. The second kappa shape index (κ2) is 4.41. The lowest BCUT2D eigenvalue weighted by atomic mass is 10.1. The molecular formula is C13H16N4. The minimum Gasteiger partial charge on any atom is -0.383 e. The van der Waals surface area contributed by atoms with E-state index in [4.69, 9.17) is 5.73 Å². The molecule has 0 aliphatic rings. The normalized spacial score (nSPS) is 10.3. The molecule has 0 radical (unpaired) electrons. The van der Waals surface area contributed by atoms with Gasteiger partial charge in [0.05, 0.1) is 0 Å². The largest absolute Gasteiger partial charge is 0.383 e. The van der Waals surface area contributed by atoms with E-state index in [2.05, 4.69) is 29.0 Å². The zero-order valence-corrected chi connectivity index (χ0v) is 10.3. The van der Waals surface area contributed by atoms with Gasteiger partial charge in [0.2, 0.25) is 5.95 Å². The van der Waals surface area contributed by atoms with Gasteiger partial charge in [0.15, 0.2) is 0 Å². The molecule has 0 atom stereocenters. The van der Waals surface area contributed by atoms with Crippen LogP contribution in [0, 0.1) is 6.92 Å². The second-order valence-corrected chi connectivity index (χ2v) is 4.23. The van der Waals surface area contributed by atoms with Gasteiger partial charge in [-0.3, -0.25) is 0 Å². The van der Waals surface area contributed by atoms with Crippen LogP contribution in [-0.4, -0.2) is 24.1 Å². The van der Waals surface area contributed by atoms with E-state index in [1.807, 2.05) is 31.1 Å². The highest BCUT2D eigenvalue weighted by Gasteiger charge is 2.07. The van der Waals surface area contributed by atoms with Gasteiger partial charge in [-0.05, 0) is 12.5 Å². The summed E-state index contributed by atoms with van der Waals surface area (Å²) in [6.45, 7) is 2.05. The first-order valence-corrected chi connectivity index (χ1v) is 5.45. The van der Waals surface area contributed by atoms with Crippen molar-refractivity contribution in [2.24, 2.45) is 0 Å². The highest BCUT2D eigenvalue weighted by molar-refractivity contribution is 5.74. The third-order valence-corrected chi connectivity index (χ3v) is 2.53. The Morgan fingerprint density at radius 3 is 2.59 bits per heavy atom. The minimum atomic E-state index is 0.509. The Morgan fingerprint density at radius 1 is 1.24 bits per heavy atom. The van der Waals surface area contributed by atoms with Crippen molar-refractivity contribution in [2.75, 3.05) is 24.7 Å². The number of nitrogen functional groups attached to an aromatic ring is 1. The lowest BCUT2D eigenvalue weighted by molar-refractivity contribution is 1.00. The highest BCUT2D eigenvalue weighted by atomic mass is 15.2. The van der Waals surface area contributed by atoms with Gasteiger partial charge in [-0.1, -0.05) is 29.8 Å². The molecule has 0 fully saturated rings. The van der Waals surface area contributed by atoms with Gasteiger partial charge in [0.1, 0.15) is 5.82 Å². The summed E-state index contributed by atoms with van der Waals surface area (Å²) in [6, 6.07) is 8.14. The molecule has 0 spiro atoms. The van der Waals surface area contributed by atoms with Crippen LogP contribution in [-0.2, 0) is 0 Å². The third-order valence-electron chi connectivity index (χ3n) is 2.53. The van der Waals surface area contributed by atoms with Crippen LogP contribution in [0.1, 0.15) is 5.56 Å². The second-order valence-electron chi connectivity index (χ2n) is 4.23. The molecule has 0 aliphatic carbocycles. The molecule has 1 aromatic carbocycles. The van der Waals surface area contributed by atoms with Crippen LogP contribution in [0.25, 0.3) is 11.1 Å². The number of rotatable bonds is 2. The monoisotopic (exact) mass is 228 g/mol. The van der Waals surface area contributed by atoms with Crippen molar-refractivity contribution < 1.29 is 0 Å². The van der Waals surface area contributed by atoms with E-state index in [0.717, 1.165) is 11.1 Å². The van der Waals surface area contributed by atoms with Crippen LogP contribution < -0.4 is 10.6 Å². The molecule has 2 rings (SSSR count). The van der Waals surface area contributed by atoms with Gasteiger partial charge in [-0.25, -0.2) is 4.98 Å². The number of anilines is 2. The van der Waals surface area contributed by atoms with Gasteiger partial charge >= 0.3 is 0 Å². The fraction of sp³-hybridized carbons (Fsp3) is 0.231. The molecule has 4 heteroatoms. The van der Waals surface area contributed by atoms with Crippen molar-refractivity contribution in [3.05, 3.63) is 36.0 Å². The van der Waals surface area contributed by atoms with E-state index in [0.29, 0.717) is 11.8 Å². The summed E-state index contributed by atoms with van der Waals surface area (Å²) >= 11 is 0. The van der Waals surface area contributed by atoms with Gasteiger partial charge < -0.3 is 10.6 Å². The van der Waals surface area contributed by atoms with Crippen molar-refractivity contribution in [3.63, 3.8) is 0 Å². The van der Waals surface area contributed by atoms with Crippen LogP contribution >= 0.6 is 0 Å². The Balaban J connectivity index is 2.47. The number of aromatic nitrogens is 2. The first-order chi connectivity index (χ1) is 8.08. The van der Waals surface area contributed by atoms with Crippen LogP contribution in [0.3, 0.4) is 0 Å². The molecule has 1 aromatic heterocycles. The smallest absolute Gasteiger partial charge is 0.226 e. The highest BCUT2D eigenvalue weighted by Crippen LogP contribution is 2.25. The molecule has 0 bridgehead atoms. The van der Waals surface area contributed by atoms with E-state index in [9.17, 15) is 0 Å². The van der Waals surface area contributed by atoms with Crippen molar-refractivity contribution in [3.8, 4) is 11.1 Å². The molecule has 0 saturated heterocycles. The van der Waals surface area contributed by atoms with E-state index in [-0.39, 0.29) is 0 Å². The molecule has 4 nitrogen and oxygen atoms in total. The molecule has 0 unspecified atom stereocenters. The average Bonchev–Trinajstić information content (AvgIpc) is 2.28. The van der Waals surface area contributed by atoms with E-state index in [1.165, 1.54) is 5.56 Å². The quantitative estimate of drug-likeness (QED) is 0.855. The number of benzene rings is 1. The van der Waals surface area contributed by atoms with Gasteiger partial charge in [-0.15, -0.1) is 0 Å². The molecule has 88 valence electrons. The predicted octanol–water partition coefficient (Wildman–Crippen LogP) is 2.10. The maximum Gasteiger partial charge on any atom is 0.226 e. The van der Waals surface area contributed by atoms with Crippen molar-refractivity contribution in [1.29, 1.82) is 0 Å². The predicted molar refractivity (Wildman–Crippen MR) is 70.9 cm³/mol. The Labute approximate surface area is 101 Å². The van der Waals surface area contributed by atoms with Crippen molar-refractivity contribution in [1.82, 2.24) is 9.97 Å². The number of hydrogen-bond acceptors (Lipinski definition) is 4. The number of hydrogen-bond donors (Lipinski definition) is 1. The Kier molecular flexibility index (Phi) is 2.95. The average molecular weight is 228 g/mol. The summed E-state index contributed by atoms with van der Waals surface area (Å²) in [5.74, 6) is 1.13. The molecule has 0 aliphatic heterocycles. The van der Waals surface area contributed by atoms with Crippen LogP contribution in [0.2, 0.25) is 0 Å². The first kappa shape index (κ1) is 11.4. The zero-order valence-electron chi connectivity index (χ0n) is 10.3. The Hall–Kier alpha value is -2.10. The summed E-state index contributed by atoms with van der Waals surface area (Å²) in [6.07, 6.45) is 1.77. The minimum absolute atomic E-state index is 0.509. The molecular weight excluding hydrogens is 212 g/mol. The molecule has 1 heterocycles. The Morgan fingerprint density at radius 2 is 2.00 bits per heavy atom. The van der Waals surface area contributed by atoms with Gasteiger partial charge in [0, 0.05) is 25.9 Å². The van der Waals surface area contributed by atoms with Crippen LogP contribution in [0.4, 0.5) is 11.8 Å². The molecule has 17 heavy (non-hydrogen) atoms. The topological polar surface area (TPSA) is 55.0 Å². The van der Waals surface area contributed by atoms with Crippen LogP contribution in [0.5, 0.6) is 0 Å². The first-order valence-electron chi connectivity index (χ1n) is 5.45. The maximum atomic E-state index is 5.96. The molecule has 0 saturated carbocycles. The lowest BCUT2D eigenvalue weighted by Crippen LogP contribution is -2.13. The van der Waals surface area contributed by atoms with Gasteiger partial charge in [0.25, 0.3) is 0 Å². The lowest BCUT2D eigenvalue weighted by Gasteiger charge is -2.12. The summed E-state index contributed by atoms with van der Waals surface area (Å²) in [7, 11) is 3.78. The summed E-state index contributed by atoms with van der Waals surface area (Å²) < 4.78 is 0. The fourth-order valence-electron chi connectivity index (χ4n) is 1.64. The molecule has 2 N–H and O–H groups in total. The number of nitrogens with two attached hydrogens (primary N) is 1. The van der Waals surface area contributed by atoms with Crippen LogP contribution in [0.15, 0.2) is 30.5 Å². The van der Waals surface area contributed by atoms with Gasteiger partial charge in [-0.2, -0.15) is 4.98 Å². The van der Waals surface area contributed by atoms with Crippen molar-refractivity contribution >= 4 is 11.8 Å². The summed E-state index contributed by atoms with van der Waals surface area (Å²) in [5.41, 5.74) is 9.08. The molecule has 0 amide bonds. The van der Waals surface area contributed by atoms with E-state index >= 15 is 0 Å². The summed E-state index contributed by atoms with van der Waals surface area (Å²) in [4.78, 5) is 10.4.